The number of hydrogen-bond acceptors (Lipinski definition) is 8. The zero-order valence-electron chi connectivity index (χ0n) is 24.7. The minimum Gasteiger partial charge on any atom is -0.365 e. The summed E-state index contributed by atoms with van der Waals surface area (Å²) in [5, 5.41) is 7.43. The summed E-state index contributed by atoms with van der Waals surface area (Å²) in [7, 11) is 0. The largest absolute Gasteiger partial charge is 0.439 e. The predicted octanol–water partition coefficient (Wildman–Crippen LogP) is 6.39. The molecule has 13 heteroatoms. The molecule has 1 aromatic carbocycles. The molecular weight excluding hydrogens is 573 g/mol. The Bertz CT molecular complexity index is 1670. The first-order valence-electron chi connectivity index (χ1n) is 15.8. The van der Waals surface area contributed by atoms with Crippen LogP contribution in [0.15, 0.2) is 33.6 Å². The molecule has 4 aromatic rings. The van der Waals surface area contributed by atoms with Crippen LogP contribution in [-0.4, -0.2) is 48.3 Å². The third kappa shape index (κ3) is 5.56. The number of rotatable bonds is 8. The Labute approximate surface area is 252 Å². The number of hydrogen-bond donors (Lipinski definition) is 2. The van der Waals surface area contributed by atoms with Gasteiger partial charge in [0.25, 0.3) is 0 Å². The Balaban J connectivity index is 1.37. The van der Waals surface area contributed by atoms with Crippen LogP contribution >= 0.6 is 0 Å². The van der Waals surface area contributed by atoms with Crippen LogP contribution in [0.4, 0.5) is 24.9 Å². The molecule has 3 aromatic heterocycles. The monoisotopic (exact) mass is 610 g/mol. The Hall–Kier alpha value is -3.90. The predicted molar refractivity (Wildman–Crippen MR) is 159 cm³/mol. The Kier molecular flexibility index (Phi) is 7.57. The van der Waals surface area contributed by atoms with Crippen molar-refractivity contribution < 1.29 is 17.7 Å². The van der Waals surface area contributed by atoms with E-state index in [1.165, 1.54) is 50.7 Å². The van der Waals surface area contributed by atoms with Crippen LogP contribution in [0.25, 0.3) is 22.8 Å². The highest BCUT2D eigenvalue weighted by Crippen LogP contribution is 2.40. The minimum atomic E-state index is -4.41. The lowest BCUT2D eigenvalue weighted by atomic mass is 9.80. The molecule has 234 valence electrons. The molecule has 2 aliphatic carbocycles. The average Bonchev–Trinajstić information content (AvgIpc) is 3.71. The quantitative estimate of drug-likeness (QED) is 0.236. The molecule has 0 bridgehead atoms. The highest BCUT2D eigenvalue weighted by Gasteiger charge is 2.36. The molecule has 1 aliphatic heterocycles. The van der Waals surface area contributed by atoms with E-state index in [0.717, 1.165) is 55.9 Å². The van der Waals surface area contributed by atoms with E-state index in [1.807, 2.05) is 0 Å². The number of aromatic nitrogens is 6. The summed E-state index contributed by atoms with van der Waals surface area (Å²) in [4.78, 5) is 31.4. The molecule has 0 spiro atoms. The van der Waals surface area contributed by atoms with Crippen molar-refractivity contribution in [3.05, 3.63) is 45.9 Å². The number of nitrogens with one attached hydrogen (secondary N) is 2. The van der Waals surface area contributed by atoms with E-state index < -0.39 is 17.5 Å². The lowest BCUT2D eigenvalue weighted by Crippen LogP contribution is -2.38. The van der Waals surface area contributed by atoms with Crippen molar-refractivity contribution >= 4 is 22.9 Å². The summed E-state index contributed by atoms with van der Waals surface area (Å²) < 4.78 is 46.9. The van der Waals surface area contributed by atoms with E-state index in [2.05, 4.69) is 31.8 Å². The molecule has 1 unspecified atom stereocenters. The average molecular weight is 611 g/mol. The zero-order chi connectivity index (χ0) is 30.4. The first-order valence-corrected chi connectivity index (χ1v) is 15.8. The topological polar surface area (TPSA) is 118 Å². The molecule has 2 N–H and O–H groups in total. The van der Waals surface area contributed by atoms with E-state index in [9.17, 15) is 18.0 Å². The van der Waals surface area contributed by atoms with Crippen LogP contribution in [0.2, 0.25) is 0 Å². The van der Waals surface area contributed by atoms with Gasteiger partial charge in [0.2, 0.25) is 17.6 Å². The maximum absolute atomic E-state index is 13.4. The number of fused-ring (bicyclic) bond motifs is 1. The lowest BCUT2D eigenvalue weighted by molar-refractivity contribution is -0.137. The molecule has 2 saturated carbocycles. The minimum absolute atomic E-state index is 0.108. The fraction of sp³-hybridized carbons (Fsp3) is 0.581. The maximum Gasteiger partial charge on any atom is 0.439 e. The van der Waals surface area contributed by atoms with Gasteiger partial charge in [0.05, 0.1) is 12.1 Å². The van der Waals surface area contributed by atoms with E-state index in [0.29, 0.717) is 41.4 Å². The van der Waals surface area contributed by atoms with Crippen molar-refractivity contribution in [2.75, 3.05) is 16.8 Å². The van der Waals surface area contributed by atoms with Gasteiger partial charge >= 0.3 is 11.9 Å². The van der Waals surface area contributed by atoms with Gasteiger partial charge in [-0.15, -0.1) is 0 Å². The summed E-state index contributed by atoms with van der Waals surface area (Å²) >= 11 is 0. The number of anilines is 2. The van der Waals surface area contributed by atoms with Gasteiger partial charge in [-0.3, -0.25) is 9.51 Å². The molecule has 10 nitrogen and oxygen atoms in total. The third-order valence-corrected chi connectivity index (χ3v) is 9.83. The molecule has 0 amide bonds. The molecule has 0 radical (unpaired) electrons. The Morgan fingerprint density at radius 2 is 1.77 bits per heavy atom. The van der Waals surface area contributed by atoms with E-state index in [-0.39, 0.29) is 17.7 Å². The van der Waals surface area contributed by atoms with Crippen LogP contribution in [0.1, 0.15) is 82.3 Å². The number of aromatic amines is 1. The van der Waals surface area contributed by atoms with Gasteiger partial charge in [-0.2, -0.15) is 18.2 Å². The van der Waals surface area contributed by atoms with Gasteiger partial charge in [-0.25, -0.2) is 14.8 Å². The highest BCUT2D eigenvalue weighted by atomic mass is 19.4. The van der Waals surface area contributed by atoms with Crippen LogP contribution < -0.4 is 16.0 Å². The van der Waals surface area contributed by atoms with Gasteiger partial charge in [-0.05, 0) is 75.0 Å². The molecule has 2 atom stereocenters. The highest BCUT2D eigenvalue weighted by molar-refractivity contribution is 5.87. The second-order valence-electron chi connectivity index (χ2n) is 12.6. The van der Waals surface area contributed by atoms with Crippen LogP contribution in [0.3, 0.4) is 0 Å². The fourth-order valence-corrected chi connectivity index (χ4v) is 7.23. The van der Waals surface area contributed by atoms with Gasteiger partial charge in [0.1, 0.15) is 5.52 Å². The summed E-state index contributed by atoms with van der Waals surface area (Å²) in [6.07, 6.45) is 7.27. The van der Waals surface area contributed by atoms with Crippen molar-refractivity contribution in [2.45, 2.75) is 95.9 Å². The van der Waals surface area contributed by atoms with Crippen molar-refractivity contribution in [3.8, 4) is 11.6 Å². The zero-order valence-corrected chi connectivity index (χ0v) is 24.7. The lowest BCUT2D eigenvalue weighted by Gasteiger charge is -2.35. The van der Waals surface area contributed by atoms with Crippen LogP contribution in [-0.2, 0) is 12.7 Å². The van der Waals surface area contributed by atoms with Crippen LogP contribution in [0, 0.1) is 11.8 Å². The molecule has 3 fully saturated rings. The number of halogens is 3. The normalized spacial score (nSPS) is 20.7. The standard InChI is InChI=1S/C31H37F3N8O2/c1-18(20-9-5-10-20)35-25-24-26(37-27(36-25)28-39-30(43)44-40-28)38-29(41-16-6-11-23(41)21-7-3-2-4-8-21)42(24)17-19-12-14-22(15-13-19)31(32,33)34/h12-15,18,20-21,23H,2-11,16-17H2,1H3,(H,35,36,37)(H,39,40,43)/t18-,23?/m1/s1. The molecule has 3 aliphatic rings. The van der Waals surface area contributed by atoms with Gasteiger partial charge in [0, 0.05) is 18.6 Å². The van der Waals surface area contributed by atoms with E-state index >= 15 is 0 Å². The number of benzene rings is 1. The molecule has 1 saturated heterocycles. The summed E-state index contributed by atoms with van der Waals surface area (Å²) in [5.74, 6) is 1.94. The van der Waals surface area contributed by atoms with Gasteiger partial charge in [-0.1, -0.05) is 43.0 Å². The molecule has 44 heavy (non-hydrogen) atoms. The third-order valence-electron chi connectivity index (χ3n) is 9.83. The second kappa shape index (κ2) is 11.6. The number of H-pyrrole nitrogens is 1. The van der Waals surface area contributed by atoms with Crippen molar-refractivity contribution in [2.24, 2.45) is 11.8 Å². The second-order valence-corrected chi connectivity index (χ2v) is 12.6. The maximum atomic E-state index is 13.4. The van der Waals surface area contributed by atoms with Crippen LogP contribution in [0.5, 0.6) is 0 Å². The van der Waals surface area contributed by atoms with E-state index in [1.54, 1.807) is 0 Å². The molecule has 4 heterocycles. The number of nitrogens with zero attached hydrogens (tertiary/aromatic N) is 6. The van der Waals surface area contributed by atoms with Crippen molar-refractivity contribution in [1.82, 2.24) is 29.7 Å². The van der Waals surface area contributed by atoms with Crippen molar-refractivity contribution in [3.63, 3.8) is 0 Å². The van der Waals surface area contributed by atoms with E-state index in [4.69, 9.17) is 19.5 Å². The Morgan fingerprint density at radius 1 is 1.00 bits per heavy atom. The molecular formula is C31H37F3N8O2. The SMILES string of the molecule is C[C@@H](Nc1nc(-c2noc(=O)[nH]2)nc2nc(N3CCCC3C3CCCCC3)n(Cc3ccc(C(F)(F)F)cc3)c12)C1CCC1. The molecule has 7 rings (SSSR count). The first kappa shape index (κ1) is 28.8. The summed E-state index contributed by atoms with van der Waals surface area (Å²) in [6.45, 7) is 3.27. The number of alkyl halides is 3. The Morgan fingerprint density at radius 3 is 2.43 bits per heavy atom. The summed E-state index contributed by atoms with van der Waals surface area (Å²) in [5.41, 5.74) is 1.14. The van der Waals surface area contributed by atoms with Gasteiger partial charge < -0.3 is 14.8 Å². The fourth-order valence-electron chi connectivity index (χ4n) is 7.23. The first-order chi connectivity index (χ1) is 21.2. The number of imidazole rings is 1. The van der Waals surface area contributed by atoms with Gasteiger partial charge in [0.15, 0.2) is 11.5 Å². The smallest absolute Gasteiger partial charge is 0.365 e. The summed E-state index contributed by atoms with van der Waals surface area (Å²) in [6, 6.07) is 5.76. The van der Waals surface area contributed by atoms with Crippen molar-refractivity contribution in [1.29, 1.82) is 0 Å².